The normalized spacial score (nSPS) is 12.0. The second-order valence-electron chi connectivity index (χ2n) is 6.11. The topological polar surface area (TPSA) is 12.9 Å². The van der Waals surface area contributed by atoms with Gasteiger partial charge in [0.2, 0.25) is 0 Å². The third kappa shape index (κ3) is 2.06. The summed E-state index contributed by atoms with van der Waals surface area (Å²) in [4.78, 5) is 4.87. The van der Waals surface area contributed by atoms with E-state index in [-0.39, 0.29) is 0 Å². The highest BCUT2D eigenvalue weighted by atomic mass is 14.7. The lowest BCUT2D eigenvalue weighted by molar-refractivity contribution is 1.39. The van der Waals surface area contributed by atoms with Gasteiger partial charge in [-0.15, -0.1) is 0 Å². The number of nitrogens with zero attached hydrogens (tertiary/aromatic N) is 1. The van der Waals surface area contributed by atoms with Crippen molar-refractivity contribution in [1.82, 2.24) is 4.98 Å². The molecule has 1 heterocycles. The van der Waals surface area contributed by atoms with Crippen molar-refractivity contribution in [2.24, 2.45) is 0 Å². The van der Waals surface area contributed by atoms with Crippen LogP contribution in [-0.2, 0) is 0 Å². The molecule has 24 heavy (non-hydrogen) atoms. The molecule has 0 spiro atoms. The average molecular weight is 305 g/mol. The lowest BCUT2D eigenvalue weighted by atomic mass is 10.0. The molecule has 4 aromatic rings. The zero-order chi connectivity index (χ0) is 15.9. The molecular weight excluding hydrogens is 290 g/mol. The van der Waals surface area contributed by atoms with Gasteiger partial charge in [-0.3, -0.25) is 0 Å². The molecule has 0 bridgehead atoms. The standard InChI is InChI=1S/C23H15N/c1-2-5-16(6-3-1)17-9-11-18(12-10-17)22-15-20-14-13-19-7-4-8-21(24-22)23(19)20/h1-15H. The van der Waals surface area contributed by atoms with Gasteiger partial charge in [-0.05, 0) is 34.4 Å². The molecule has 0 atom stereocenters. The Labute approximate surface area is 140 Å². The highest BCUT2D eigenvalue weighted by Gasteiger charge is 2.12. The number of hydrogen-bond acceptors (Lipinski definition) is 1. The first-order valence-electron chi connectivity index (χ1n) is 8.16. The minimum atomic E-state index is 1.03. The molecule has 1 aliphatic carbocycles. The summed E-state index contributed by atoms with van der Waals surface area (Å²) in [6.07, 6.45) is 4.35. The van der Waals surface area contributed by atoms with Crippen molar-refractivity contribution in [2.45, 2.75) is 0 Å². The molecule has 1 nitrogen and oxygen atoms in total. The van der Waals surface area contributed by atoms with Crippen LogP contribution in [0.1, 0.15) is 11.1 Å². The lowest BCUT2D eigenvalue weighted by Gasteiger charge is -2.08. The van der Waals surface area contributed by atoms with Crippen LogP contribution in [0.3, 0.4) is 0 Å². The largest absolute Gasteiger partial charge is 0.248 e. The number of rotatable bonds is 2. The summed E-state index contributed by atoms with van der Waals surface area (Å²) < 4.78 is 0. The van der Waals surface area contributed by atoms with Gasteiger partial charge in [-0.2, -0.15) is 0 Å². The Morgan fingerprint density at radius 3 is 2.08 bits per heavy atom. The van der Waals surface area contributed by atoms with Crippen LogP contribution in [0.25, 0.3) is 45.4 Å². The van der Waals surface area contributed by atoms with Crippen molar-refractivity contribution in [2.75, 3.05) is 0 Å². The van der Waals surface area contributed by atoms with Crippen LogP contribution in [0.5, 0.6) is 0 Å². The van der Waals surface area contributed by atoms with Gasteiger partial charge < -0.3 is 0 Å². The zero-order valence-electron chi connectivity index (χ0n) is 13.1. The molecule has 1 aromatic heterocycles. The molecule has 0 saturated carbocycles. The minimum Gasteiger partial charge on any atom is -0.248 e. The summed E-state index contributed by atoms with van der Waals surface area (Å²) in [5.41, 5.74) is 8.24. The highest BCUT2D eigenvalue weighted by Crippen LogP contribution is 2.33. The Hall–Kier alpha value is -3.19. The molecule has 1 aliphatic rings. The van der Waals surface area contributed by atoms with Crippen molar-refractivity contribution in [1.29, 1.82) is 0 Å². The molecule has 0 N–H and O–H groups in total. The molecule has 0 saturated heterocycles. The number of pyridine rings is 1. The fraction of sp³-hybridized carbons (Fsp3) is 0. The Bertz CT molecular complexity index is 1070. The van der Waals surface area contributed by atoms with E-state index in [1.54, 1.807) is 0 Å². The van der Waals surface area contributed by atoms with Gasteiger partial charge in [0.25, 0.3) is 0 Å². The lowest BCUT2D eigenvalue weighted by Crippen LogP contribution is -1.88. The predicted molar refractivity (Wildman–Crippen MR) is 102 cm³/mol. The fourth-order valence-corrected chi connectivity index (χ4v) is 3.41. The smallest absolute Gasteiger partial charge is 0.0721 e. The molecule has 0 unspecified atom stereocenters. The summed E-state index contributed by atoms with van der Waals surface area (Å²) >= 11 is 0. The molecular formula is C23H15N. The van der Waals surface area contributed by atoms with Crippen LogP contribution in [-0.4, -0.2) is 4.98 Å². The first-order valence-corrected chi connectivity index (χ1v) is 8.16. The van der Waals surface area contributed by atoms with Gasteiger partial charge in [0.05, 0.1) is 11.2 Å². The number of hydrogen-bond donors (Lipinski definition) is 0. The quantitative estimate of drug-likeness (QED) is 0.387. The third-order valence-corrected chi connectivity index (χ3v) is 4.63. The van der Waals surface area contributed by atoms with E-state index in [2.05, 4.69) is 84.9 Å². The second-order valence-corrected chi connectivity index (χ2v) is 6.11. The van der Waals surface area contributed by atoms with Gasteiger partial charge in [0.15, 0.2) is 0 Å². The first kappa shape index (κ1) is 13.3. The van der Waals surface area contributed by atoms with Crippen molar-refractivity contribution in [3.05, 3.63) is 90.0 Å². The molecule has 0 aliphatic heterocycles. The molecule has 0 fully saturated rings. The van der Waals surface area contributed by atoms with Crippen molar-refractivity contribution in [3.8, 4) is 22.4 Å². The fourth-order valence-electron chi connectivity index (χ4n) is 3.41. The maximum absolute atomic E-state index is 4.87. The van der Waals surface area contributed by atoms with E-state index >= 15 is 0 Å². The first-order chi connectivity index (χ1) is 11.9. The molecule has 0 radical (unpaired) electrons. The summed E-state index contributed by atoms with van der Waals surface area (Å²) in [5, 5.41) is 1.27. The van der Waals surface area contributed by atoms with Gasteiger partial charge >= 0.3 is 0 Å². The van der Waals surface area contributed by atoms with E-state index in [0.717, 1.165) is 16.8 Å². The molecule has 112 valence electrons. The Kier molecular flexibility index (Phi) is 2.86. The second kappa shape index (κ2) is 5.17. The Morgan fingerprint density at radius 1 is 0.542 bits per heavy atom. The van der Waals surface area contributed by atoms with Crippen LogP contribution >= 0.6 is 0 Å². The summed E-state index contributed by atoms with van der Waals surface area (Å²) in [6, 6.07) is 27.6. The Balaban J connectivity index is 1.60. The Morgan fingerprint density at radius 2 is 1.25 bits per heavy atom. The van der Waals surface area contributed by atoms with E-state index in [1.165, 1.54) is 27.6 Å². The zero-order valence-corrected chi connectivity index (χ0v) is 13.1. The summed E-state index contributed by atoms with van der Waals surface area (Å²) in [7, 11) is 0. The van der Waals surface area contributed by atoms with Crippen molar-refractivity contribution < 1.29 is 0 Å². The van der Waals surface area contributed by atoms with Crippen LogP contribution in [0.15, 0.2) is 78.9 Å². The van der Waals surface area contributed by atoms with Gasteiger partial charge in [0.1, 0.15) is 0 Å². The van der Waals surface area contributed by atoms with Gasteiger partial charge in [0, 0.05) is 10.9 Å². The molecule has 1 heteroatoms. The monoisotopic (exact) mass is 305 g/mol. The summed E-state index contributed by atoms with van der Waals surface area (Å²) in [5.74, 6) is 0. The predicted octanol–water partition coefficient (Wildman–Crippen LogP) is 6.05. The maximum Gasteiger partial charge on any atom is 0.0721 e. The van der Waals surface area contributed by atoms with Crippen LogP contribution in [0.2, 0.25) is 0 Å². The van der Waals surface area contributed by atoms with E-state index < -0.39 is 0 Å². The van der Waals surface area contributed by atoms with Crippen molar-refractivity contribution in [3.63, 3.8) is 0 Å². The van der Waals surface area contributed by atoms with E-state index in [4.69, 9.17) is 4.98 Å². The van der Waals surface area contributed by atoms with E-state index in [9.17, 15) is 0 Å². The molecule has 3 aromatic carbocycles. The summed E-state index contributed by atoms with van der Waals surface area (Å²) in [6.45, 7) is 0. The average Bonchev–Trinajstić information content (AvgIpc) is 3.07. The van der Waals surface area contributed by atoms with Crippen LogP contribution in [0, 0.1) is 0 Å². The SMILES string of the molecule is C1=Cc2cc(-c3ccc(-c4ccccc4)cc3)nc3cccc1c23. The maximum atomic E-state index is 4.87. The third-order valence-electron chi connectivity index (χ3n) is 4.63. The molecule has 5 rings (SSSR count). The number of benzene rings is 3. The van der Waals surface area contributed by atoms with Gasteiger partial charge in [-0.1, -0.05) is 78.9 Å². The van der Waals surface area contributed by atoms with Gasteiger partial charge in [-0.25, -0.2) is 4.98 Å². The van der Waals surface area contributed by atoms with Crippen LogP contribution < -0.4 is 0 Å². The number of aromatic nitrogens is 1. The van der Waals surface area contributed by atoms with Crippen molar-refractivity contribution >= 4 is 23.1 Å². The van der Waals surface area contributed by atoms with E-state index in [1.807, 2.05) is 6.07 Å². The highest BCUT2D eigenvalue weighted by molar-refractivity contribution is 6.04. The van der Waals surface area contributed by atoms with E-state index in [0.29, 0.717) is 0 Å². The minimum absolute atomic E-state index is 1.03. The van der Waals surface area contributed by atoms with Crippen LogP contribution in [0.4, 0.5) is 0 Å². The molecule has 0 amide bonds.